The van der Waals surface area contributed by atoms with E-state index in [9.17, 15) is 0 Å². The maximum Gasteiger partial charge on any atom is 0.111 e. The molecule has 0 atom stereocenters. The van der Waals surface area contributed by atoms with Gasteiger partial charge in [0.1, 0.15) is 5.82 Å². The van der Waals surface area contributed by atoms with Gasteiger partial charge in [-0.05, 0) is 37.5 Å². The van der Waals surface area contributed by atoms with Crippen molar-refractivity contribution in [3.63, 3.8) is 0 Å². The smallest absolute Gasteiger partial charge is 0.111 e. The molecule has 0 spiro atoms. The second kappa shape index (κ2) is 5.51. The SMILES string of the molecule is Cc1ccc2nc(CCCl)n(C3CCOCC3)c2c1. The predicted octanol–water partition coefficient (Wildman–Crippen LogP) is 3.48. The van der Waals surface area contributed by atoms with Crippen molar-refractivity contribution < 1.29 is 4.74 Å². The van der Waals surface area contributed by atoms with Crippen LogP contribution >= 0.6 is 11.6 Å². The van der Waals surface area contributed by atoms with E-state index in [2.05, 4.69) is 29.7 Å². The number of hydrogen-bond donors (Lipinski definition) is 0. The van der Waals surface area contributed by atoms with Gasteiger partial charge in [-0.2, -0.15) is 0 Å². The number of aromatic nitrogens is 2. The molecule has 0 bridgehead atoms. The molecule has 3 rings (SSSR count). The Kier molecular flexibility index (Phi) is 3.76. The fourth-order valence-electron chi connectivity index (χ4n) is 2.86. The van der Waals surface area contributed by atoms with Gasteiger partial charge in [-0.3, -0.25) is 0 Å². The first-order chi connectivity index (χ1) is 9.29. The summed E-state index contributed by atoms with van der Waals surface area (Å²) in [5.41, 5.74) is 3.60. The molecule has 0 saturated carbocycles. The van der Waals surface area contributed by atoms with Gasteiger partial charge >= 0.3 is 0 Å². The van der Waals surface area contributed by atoms with Gasteiger partial charge in [-0.25, -0.2) is 4.98 Å². The largest absolute Gasteiger partial charge is 0.381 e. The van der Waals surface area contributed by atoms with E-state index in [0.717, 1.165) is 43.8 Å². The number of alkyl halides is 1. The molecule has 0 N–H and O–H groups in total. The molecule has 1 fully saturated rings. The van der Waals surface area contributed by atoms with Gasteiger partial charge in [0.15, 0.2) is 0 Å². The Morgan fingerprint density at radius 3 is 2.89 bits per heavy atom. The second-order valence-electron chi connectivity index (χ2n) is 5.17. The van der Waals surface area contributed by atoms with Crippen LogP contribution in [0, 0.1) is 6.92 Å². The molecular formula is C15H19ClN2O. The number of benzene rings is 1. The van der Waals surface area contributed by atoms with Gasteiger partial charge in [-0.1, -0.05) is 6.07 Å². The van der Waals surface area contributed by atoms with Gasteiger partial charge in [0, 0.05) is 31.6 Å². The maximum absolute atomic E-state index is 5.93. The third-order valence-corrected chi connectivity index (χ3v) is 3.98. The summed E-state index contributed by atoms with van der Waals surface area (Å²) in [6, 6.07) is 6.96. The number of fused-ring (bicyclic) bond motifs is 1. The molecule has 0 amide bonds. The van der Waals surface area contributed by atoms with Crippen LogP contribution in [0.3, 0.4) is 0 Å². The molecule has 1 aliphatic rings. The number of ether oxygens (including phenoxy) is 1. The Morgan fingerprint density at radius 2 is 2.16 bits per heavy atom. The first-order valence-corrected chi connectivity index (χ1v) is 7.44. The molecule has 0 unspecified atom stereocenters. The molecule has 2 heterocycles. The van der Waals surface area contributed by atoms with Gasteiger partial charge < -0.3 is 9.30 Å². The summed E-state index contributed by atoms with van der Waals surface area (Å²) < 4.78 is 7.87. The lowest BCUT2D eigenvalue weighted by atomic mass is 10.1. The van der Waals surface area contributed by atoms with Crippen LogP contribution in [0.5, 0.6) is 0 Å². The first kappa shape index (κ1) is 12.9. The highest BCUT2D eigenvalue weighted by Gasteiger charge is 2.21. The number of hydrogen-bond acceptors (Lipinski definition) is 2. The maximum atomic E-state index is 5.93. The lowest BCUT2D eigenvalue weighted by molar-refractivity contribution is 0.0699. The molecule has 1 aliphatic heterocycles. The molecule has 1 aromatic heterocycles. The summed E-state index contributed by atoms with van der Waals surface area (Å²) in [6.07, 6.45) is 2.95. The van der Waals surface area contributed by atoms with Crippen LogP contribution < -0.4 is 0 Å². The Morgan fingerprint density at radius 1 is 1.37 bits per heavy atom. The standard InChI is InChI=1S/C15H19ClN2O/c1-11-2-3-13-14(10-11)18(15(17-13)4-7-16)12-5-8-19-9-6-12/h2-3,10,12H,4-9H2,1H3. The second-order valence-corrected chi connectivity index (χ2v) is 5.55. The van der Waals surface area contributed by atoms with Gasteiger partial charge in [0.05, 0.1) is 11.0 Å². The minimum Gasteiger partial charge on any atom is -0.381 e. The third kappa shape index (κ3) is 2.49. The summed E-state index contributed by atoms with van der Waals surface area (Å²) in [7, 11) is 0. The van der Waals surface area contributed by atoms with Gasteiger partial charge in [-0.15, -0.1) is 11.6 Å². The van der Waals surface area contributed by atoms with E-state index in [1.54, 1.807) is 0 Å². The first-order valence-electron chi connectivity index (χ1n) is 6.91. The summed E-state index contributed by atoms with van der Waals surface area (Å²) >= 11 is 5.93. The van der Waals surface area contributed by atoms with Crippen LogP contribution in [0.2, 0.25) is 0 Å². The van der Waals surface area contributed by atoms with Crippen LogP contribution in [0.1, 0.15) is 30.3 Å². The summed E-state index contributed by atoms with van der Waals surface area (Å²) in [5.74, 6) is 1.73. The number of rotatable bonds is 3. The highest BCUT2D eigenvalue weighted by Crippen LogP contribution is 2.28. The van der Waals surface area contributed by atoms with E-state index < -0.39 is 0 Å². The molecule has 0 aliphatic carbocycles. The van der Waals surface area contributed by atoms with Crippen molar-refractivity contribution in [2.75, 3.05) is 19.1 Å². The molecule has 4 heteroatoms. The molecule has 1 aromatic carbocycles. The van der Waals surface area contributed by atoms with Gasteiger partial charge in [0.25, 0.3) is 0 Å². The Hall–Kier alpha value is -1.06. The molecule has 1 saturated heterocycles. The average molecular weight is 279 g/mol. The monoisotopic (exact) mass is 278 g/mol. The zero-order chi connectivity index (χ0) is 13.2. The fourth-order valence-corrected chi connectivity index (χ4v) is 3.03. The van der Waals surface area contributed by atoms with E-state index in [4.69, 9.17) is 21.3 Å². The molecule has 19 heavy (non-hydrogen) atoms. The summed E-state index contributed by atoms with van der Waals surface area (Å²) in [4.78, 5) is 4.76. The minimum atomic E-state index is 0.499. The third-order valence-electron chi connectivity index (χ3n) is 3.79. The summed E-state index contributed by atoms with van der Waals surface area (Å²) in [5, 5.41) is 0. The van der Waals surface area contributed by atoms with Crippen molar-refractivity contribution in [1.82, 2.24) is 9.55 Å². The van der Waals surface area contributed by atoms with E-state index in [-0.39, 0.29) is 0 Å². The summed E-state index contributed by atoms with van der Waals surface area (Å²) in [6.45, 7) is 3.81. The Balaban J connectivity index is 2.11. The van der Waals surface area contributed by atoms with E-state index >= 15 is 0 Å². The molecule has 3 nitrogen and oxygen atoms in total. The van der Waals surface area contributed by atoms with Crippen LogP contribution in [-0.4, -0.2) is 28.6 Å². The van der Waals surface area contributed by atoms with Crippen molar-refractivity contribution in [1.29, 1.82) is 0 Å². The van der Waals surface area contributed by atoms with Crippen LogP contribution in [0.4, 0.5) is 0 Å². The van der Waals surface area contributed by atoms with Crippen molar-refractivity contribution in [2.45, 2.75) is 32.2 Å². The van der Waals surface area contributed by atoms with Crippen molar-refractivity contribution in [3.05, 3.63) is 29.6 Å². The van der Waals surface area contributed by atoms with E-state index in [1.165, 1.54) is 11.1 Å². The van der Waals surface area contributed by atoms with Crippen LogP contribution in [-0.2, 0) is 11.2 Å². The molecule has 2 aromatic rings. The highest BCUT2D eigenvalue weighted by atomic mass is 35.5. The number of nitrogens with zero attached hydrogens (tertiary/aromatic N) is 2. The normalized spacial score (nSPS) is 17.2. The topological polar surface area (TPSA) is 27.1 Å². The molecular weight excluding hydrogens is 260 g/mol. The van der Waals surface area contributed by atoms with Crippen LogP contribution in [0.25, 0.3) is 11.0 Å². The number of imidazole rings is 1. The van der Waals surface area contributed by atoms with Gasteiger partial charge in [0.2, 0.25) is 0 Å². The average Bonchev–Trinajstić information content (AvgIpc) is 2.77. The lowest BCUT2D eigenvalue weighted by Crippen LogP contribution is -2.21. The quantitative estimate of drug-likeness (QED) is 0.804. The van der Waals surface area contributed by atoms with Crippen molar-refractivity contribution in [3.8, 4) is 0 Å². The zero-order valence-corrected chi connectivity index (χ0v) is 12.0. The predicted molar refractivity (Wildman–Crippen MR) is 78.0 cm³/mol. The van der Waals surface area contributed by atoms with Crippen molar-refractivity contribution in [2.24, 2.45) is 0 Å². The number of halogens is 1. The van der Waals surface area contributed by atoms with Crippen molar-refractivity contribution >= 4 is 22.6 Å². The minimum absolute atomic E-state index is 0.499. The zero-order valence-electron chi connectivity index (χ0n) is 11.2. The highest BCUT2D eigenvalue weighted by molar-refractivity contribution is 6.17. The Bertz CT molecular complexity index is 573. The fraction of sp³-hybridized carbons (Fsp3) is 0.533. The molecule has 0 radical (unpaired) electrons. The van der Waals surface area contributed by atoms with E-state index in [1.807, 2.05) is 0 Å². The number of aryl methyl sites for hydroxylation is 2. The molecule has 102 valence electrons. The Labute approximate surface area is 118 Å². The van der Waals surface area contributed by atoms with E-state index in [0.29, 0.717) is 11.9 Å². The lowest BCUT2D eigenvalue weighted by Gasteiger charge is -2.25. The van der Waals surface area contributed by atoms with Crippen LogP contribution in [0.15, 0.2) is 18.2 Å².